The molecule has 2 aliphatic heterocycles. The lowest BCUT2D eigenvalue weighted by atomic mass is 9.79. The van der Waals surface area contributed by atoms with Crippen LogP contribution in [0.25, 0.3) is 0 Å². The van der Waals surface area contributed by atoms with Gasteiger partial charge in [-0.05, 0) is 32.7 Å². The summed E-state index contributed by atoms with van der Waals surface area (Å²) < 4.78 is 5.46. The lowest BCUT2D eigenvalue weighted by molar-refractivity contribution is 0.258. The Balaban J connectivity index is 1.75. The molecule has 0 aliphatic carbocycles. The molecule has 0 amide bonds. The highest BCUT2D eigenvalue weighted by atomic mass is 16.5. The van der Waals surface area contributed by atoms with E-state index < -0.39 is 0 Å². The molecule has 1 atom stereocenters. The number of ether oxygens (including phenoxy) is 1. The smallest absolute Gasteiger partial charge is 0.228 e. The number of nitrogens with one attached hydrogen (secondary N) is 1. The molecule has 1 N–H and O–H groups in total. The number of rotatable bonds is 3. The molecule has 1 spiro atoms. The first kappa shape index (κ1) is 12.7. The second-order valence-corrected chi connectivity index (χ2v) is 5.58. The van der Waals surface area contributed by atoms with Crippen molar-refractivity contribution < 1.29 is 4.74 Å². The van der Waals surface area contributed by atoms with Crippen LogP contribution in [0.4, 0.5) is 5.95 Å². The molecule has 5 heteroatoms. The summed E-state index contributed by atoms with van der Waals surface area (Å²) in [5.74, 6) is 1.49. The van der Waals surface area contributed by atoms with Crippen LogP contribution >= 0.6 is 0 Å². The van der Waals surface area contributed by atoms with Crippen LogP contribution in [0.2, 0.25) is 0 Å². The average molecular weight is 262 g/mol. The second kappa shape index (κ2) is 5.33. The lowest BCUT2D eigenvalue weighted by Gasteiger charge is -2.40. The summed E-state index contributed by atoms with van der Waals surface area (Å²) in [5, 5.41) is 3.49. The number of anilines is 1. The Morgan fingerprint density at radius 3 is 3.21 bits per heavy atom. The molecule has 0 aromatic carbocycles. The minimum absolute atomic E-state index is 0.434. The summed E-state index contributed by atoms with van der Waals surface area (Å²) in [6, 6.07) is 1.82. The van der Waals surface area contributed by atoms with Crippen LogP contribution in [0.1, 0.15) is 26.2 Å². The van der Waals surface area contributed by atoms with Crippen LogP contribution in [0.5, 0.6) is 5.88 Å². The molecule has 0 radical (unpaired) electrons. The van der Waals surface area contributed by atoms with E-state index in [1.807, 2.05) is 13.0 Å². The van der Waals surface area contributed by atoms with Gasteiger partial charge in [-0.25, -0.2) is 4.98 Å². The zero-order valence-corrected chi connectivity index (χ0v) is 11.6. The molecule has 1 unspecified atom stereocenters. The number of hydrogen-bond acceptors (Lipinski definition) is 5. The molecule has 104 valence electrons. The van der Waals surface area contributed by atoms with Crippen molar-refractivity contribution in [3.8, 4) is 5.88 Å². The molecule has 1 aromatic heterocycles. The molecule has 5 nitrogen and oxygen atoms in total. The number of aromatic nitrogens is 2. The predicted octanol–water partition coefficient (Wildman–Crippen LogP) is 1.46. The van der Waals surface area contributed by atoms with Gasteiger partial charge >= 0.3 is 0 Å². The van der Waals surface area contributed by atoms with Gasteiger partial charge in [-0.1, -0.05) is 0 Å². The van der Waals surface area contributed by atoms with Crippen molar-refractivity contribution in [2.45, 2.75) is 26.2 Å². The van der Waals surface area contributed by atoms with Gasteiger partial charge in [0.15, 0.2) is 0 Å². The Labute approximate surface area is 114 Å². The quantitative estimate of drug-likeness (QED) is 0.893. The number of piperidine rings is 1. The van der Waals surface area contributed by atoms with Crippen molar-refractivity contribution >= 4 is 5.95 Å². The van der Waals surface area contributed by atoms with Crippen molar-refractivity contribution in [3.63, 3.8) is 0 Å². The first-order valence-electron chi connectivity index (χ1n) is 7.23. The Bertz CT molecular complexity index is 431. The van der Waals surface area contributed by atoms with Crippen LogP contribution in [0, 0.1) is 5.41 Å². The SMILES string of the molecule is CCOc1ccnc(N2CCCC3(CCNC3)C2)n1. The van der Waals surface area contributed by atoms with E-state index in [1.165, 1.54) is 19.3 Å². The first-order valence-corrected chi connectivity index (χ1v) is 7.23. The van der Waals surface area contributed by atoms with Gasteiger partial charge in [-0.3, -0.25) is 0 Å². The normalized spacial score (nSPS) is 26.9. The van der Waals surface area contributed by atoms with E-state index in [0.717, 1.165) is 32.1 Å². The van der Waals surface area contributed by atoms with Gasteiger partial charge in [0.1, 0.15) is 0 Å². The van der Waals surface area contributed by atoms with Crippen LogP contribution < -0.4 is 15.0 Å². The van der Waals surface area contributed by atoms with E-state index in [1.54, 1.807) is 6.20 Å². The first-order chi connectivity index (χ1) is 9.31. The summed E-state index contributed by atoms with van der Waals surface area (Å²) in [7, 11) is 0. The maximum atomic E-state index is 5.46. The van der Waals surface area contributed by atoms with Crippen molar-refractivity contribution in [1.29, 1.82) is 0 Å². The summed E-state index contributed by atoms with van der Waals surface area (Å²) in [6.45, 7) is 7.02. The third kappa shape index (κ3) is 2.66. The van der Waals surface area contributed by atoms with Crippen molar-refractivity contribution in [1.82, 2.24) is 15.3 Å². The molecule has 1 aromatic rings. The van der Waals surface area contributed by atoms with Gasteiger partial charge in [-0.2, -0.15) is 4.98 Å². The highest BCUT2D eigenvalue weighted by Crippen LogP contribution is 2.36. The van der Waals surface area contributed by atoms with Crippen molar-refractivity contribution in [2.24, 2.45) is 5.41 Å². The number of hydrogen-bond donors (Lipinski definition) is 1. The standard InChI is InChI=1S/C14H22N4O/c1-2-19-12-4-7-16-13(17-12)18-9-3-5-14(11-18)6-8-15-10-14/h4,7,15H,2-3,5-6,8-11H2,1H3. The largest absolute Gasteiger partial charge is 0.478 e. The number of nitrogens with zero attached hydrogens (tertiary/aromatic N) is 3. The van der Waals surface area contributed by atoms with Crippen molar-refractivity contribution in [3.05, 3.63) is 12.3 Å². The van der Waals surface area contributed by atoms with Gasteiger partial charge in [0, 0.05) is 37.3 Å². The summed E-state index contributed by atoms with van der Waals surface area (Å²) in [5.41, 5.74) is 0.434. The molecule has 0 saturated carbocycles. The van der Waals surface area contributed by atoms with E-state index >= 15 is 0 Å². The van der Waals surface area contributed by atoms with Gasteiger partial charge in [-0.15, -0.1) is 0 Å². The topological polar surface area (TPSA) is 50.3 Å². The molecule has 2 aliphatic rings. The molecular weight excluding hydrogens is 240 g/mol. The van der Waals surface area contributed by atoms with Gasteiger partial charge in [0.25, 0.3) is 0 Å². The third-order valence-corrected chi connectivity index (χ3v) is 4.19. The fraction of sp³-hybridized carbons (Fsp3) is 0.714. The summed E-state index contributed by atoms with van der Waals surface area (Å²) in [4.78, 5) is 11.2. The minimum atomic E-state index is 0.434. The van der Waals surface area contributed by atoms with Gasteiger partial charge < -0.3 is 15.0 Å². The molecule has 2 saturated heterocycles. The Kier molecular flexibility index (Phi) is 3.55. The van der Waals surface area contributed by atoms with E-state index in [-0.39, 0.29) is 0 Å². The molecule has 3 rings (SSSR count). The van der Waals surface area contributed by atoms with Crippen LogP contribution in [-0.4, -0.2) is 42.8 Å². The average Bonchev–Trinajstić information content (AvgIpc) is 2.87. The third-order valence-electron chi connectivity index (χ3n) is 4.19. The van der Waals surface area contributed by atoms with E-state index in [9.17, 15) is 0 Å². The van der Waals surface area contributed by atoms with Crippen molar-refractivity contribution in [2.75, 3.05) is 37.7 Å². The molecule has 0 bridgehead atoms. The fourth-order valence-electron chi connectivity index (χ4n) is 3.24. The van der Waals surface area contributed by atoms with E-state index in [0.29, 0.717) is 17.9 Å². The van der Waals surface area contributed by atoms with Crippen LogP contribution in [-0.2, 0) is 0 Å². The van der Waals surface area contributed by atoms with E-state index in [2.05, 4.69) is 20.2 Å². The van der Waals surface area contributed by atoms with Gasteiger partial charge in [0.2, 0.25) is 11.8 Å². The fourth-order valence-corrected chi connectivity index (χ4v) is 3.24. The highest BCUT2D eigenvalue weighted by molar-refractivity contribution is 5.33. The maximum absolute atomic E-state index is 5.46. The van der Waals surface area contributed by atoms with Crippen LogP contribution in [0.3, 0.4) is 0 Å². The predicted molar refractivity (Wildman–Crippen MR) is 74.6 cm³/mol. The molecule has 19 heavy (non-hydrogen) atoms. The zero-order valence-electron chi connectivity index (χ0n) is 11.6. The Hall–Kier alpha value is -1.36. The summed E-state index contributed by atoms with van der Waals surface area (Å²) >= 11 is 0. The summed E-state index contributed by atoms with van der Waals surface area (Å²) in [6.07, 6.45) is 5.61. The monoisotopic (exact) mass is 262 g/mol. The lowest BCUT2D eigenvalue weighted by Crippen LogP contribution is -2.45. The van der Waals surface area contributed by atoms with Crippen LogP contribution in [0.15, 0.2) is 12.3 Å². The Morgan fingerprint density at radius 2 is 2.42 bits per heavy atom. The zero-order chi connectivity index (χ0) is 13.1. The van der Waals surface area contributed by atoms with Gasteiger partial charge in [0.05, 0.1) is 6.61 Å². The maximum Gasteiger partial charge on any atom is 0.228 e. The highest BCUT2D eigenvalue weighted by Gasteiger charge is 2.38. The van der Waals surface area contributed by atoms with E-state index in [4.69, 9.17) is 4.74 Å². The minimum Gasteiger partial charge on any atom is -0.478 e. The second-order valence-electron chi connectivity index (χ2n) is 5.58. The molecular formula is C14H22N4O. The molecule has 3 heterocycles. The Morgan fingerprint density at radius 1 is 1.47 bits per heavy atom. The molecule has 2 fully saturated rings.